The molecule has 1 fully saturated rings. The number of amides is 2. The Labute approximate surface area is 164 Å². The molecule has 150 valence electrons. The standard InChI is InChI=1S/C21H27N3O4/c1-28-13-7-10-22-19(25)15-24-14-17(16-8-3-4-9-18(16)24)20(26)21(27)23-11-5-2-6-12-23/h3-4,8-9,14H,2,5-7,10-13,15H2,1H3,(H,22,25). The van der Waals surface area contributed by atoms with Gasteiger partial charge in [0.05, 0.1) is 5.56 Å². The van der Waals surface area contributed by atoms with E-state index in [9.17, 15) is 14.4 Å². The van der Waals surface area contributed by atoms with E-state index in [1.54, 1.807) is 22.8 Å². The van der Waals surface area contributed by atoms with Gasteiger partial charge in [-0.15, -0.1) is 0 Å². The van der Waals surface area contributed by atoms with Crippen LogP contribution in [0.3, 0.4) is 0 Å². The molecule has 1 aliphatic rings. The van der Waals surface area contributed by atoms with E-state index < -0.39 is 11.7 Å². The predicted octanol–water partition coefficient (Wildman–Crippen LogP) is 1.99. The molecule has 28 heavy (non-hydrogen) atoms. The van der Waals surface area contributed by atoms with Crippen LogP contribution in [-0.2, 0) is 20.9 Å². The summed E-state index contributed by atoms with van der Waals surface area (Å²) in [5.41, 5.74) is 1.13. The zero-order valence-electron chi connectivity index (χ0n) is 16.3. The van der Waals surface area contributed by atoms with Crippen LogP contribution in [0, 0.1) is 0 Å². The smallest absolute Gasteiger partial charge is 0.295 e. The van der Waals surface area contributed by atoms with E-state index in [0.717, 1.165) is 31.2 Å². The van der Waals surface area contributed by atoms with Crippen molar-refractivity contribution in [2.75, 3.05) is 33.4 Å². The quantitative estimate of drug-likeness (QED) is 0.428. The maximum absolute atomic E-state index is 12.9. The highest BCUT2D eigenvalue weighted by Crippen LogP contribution is 2.23. The number of hydrogen-bond donors (Lipinski definition) is 1. The number of rotatable bonds is 8. The van der Waals surface area contributed by atoms with Crippen molar-refractivity contribution in [2.24, 2.45) is 0 Å². The molecule has 0 bridgehead atoms. The highest BCUT2D eigenvalue weighted by Gasteiger charge is 2.27. The minimum absolute atomic E-state index is 0.0959. The summed E-state index contributed by atoms with van der Waals surface area (Å²) in [6, 6.07) is 7.37. The number of fused-ring (bicyclic) bond motifs is 1. The van der Waals surface area contributed by atoms with Crippen molar-refractivity contribution in [1.82, 2.24) is 14.8 Å². The molecule has 1 aromatic carbocycles. The van der Waals surface area contributed by atoms with Gasteiger partial charge in [-0.1, -0.05) is 18.2 Å². The van der Waals surface area contributed by atoms with Gasteiger partial charge < -0.3 is 19.5 Å². The van der Waals surface area contributed by atoms with E-state index in [4.69, 9.17) is 4.74 Å². The van der Waals surface area contributed by atoms with Crippen LogP contribution in [0.15, 0.2) is 30.5 Å². The molecule has 1 N–H and O–H groups in total. The summed E-state index contributed by atoms with van der Waals surface area (Å²) in [6.07, 6.45) is 5.33. The first-order valence-corrected chi connectivity index (χ1v) is 9.79. The molecular weight excluding hydrogens is 358 g/mol. The molecule has 1 saturated heterocycles. The second-order valence-electron chi connectivity index (χ2n) is 7.07. The lowest BCUT2D eigenvalue weighted by atomic mass is 10.1. The molecule has 2 aromatic rings. The van der Waals surface area contributed by atoms with E-state index in [1.165, 1.54) is 0 Å². The number of Topliss-reactive ketones (excluding diaryl/α,β-unsaturated/α-hetero) is 1. The average Bonchev–Trinajstić information content (AvgIpc) is 3.09. The van der Waals surface area contributed by atoms with Gasteiger partial charge in [-0.25, -0.2) is 0 Å². The van der Waals surface area contributed by atoms with E-state index in [2.05, 4.69) is 5.32 Å². The van der Waals surface area contributed by atoms with Gasteiger partial charge in [0, 0.05) is 50.5 Å². The second-order valence-corrected chi connectivity index (χ2v) is 7.07. The highest BCUT2D eigenvalue weighted by atomic mass is 16.5. The molecule has 1 aromatic heterocycles. The van der Waals surface area contributed by atoms with Crippen molar-refractivity contribution in [2.45, 2.75) is 32.2 Å². The molecule has 3 rings (SSSR count). The van der Waals surface area contributed by atoms with Crippen LogP contribution < -0.4 is 5.32 Å². The van der Waals surface area contributed by atoms with Crippen molar-refractivity contribution in [3.8, 4) is 0 Å². The Morgan fingerprint density at radius 2 is 1.86 bits per heavy atom. The van der Waals surface area contributed by atoms with Gasteiger partial charge in [-0.2, -0.15) is 0 Å². The highest BCUT2D eigenvalue weighted by molar-refractivity contribution is 6.44. The van der Waals surface area contributed by atoms with Crippen LogP contribution >= 0.6 is 0 Å². The number of ether oxygens (including phenoxy) is 1. The lowest BCUT2D eigenvalue weighted by Crippen LogP contribution is -2.40. The molecule has 0 radical (unpaired) electrons. The lowest BCUT2D eigenvalue weighted by Gasteiger charge is -2.25. The molecule has 7 heteroatoms. The van der Waals surface area contributed by atoms with Crippen molar-refractivity contribution >= 4 is 28.5 Å². The molecule has 0 spiro atoms. The second kappa shape index (κ2) is 9.50. The maximum atomic E-state index is 12.9. The minimum Gasteiger partial charge on any atom is -0.385 e. The zero-order valence-corrected chi connectivity index (χ0v) is 16.3. The van der Waals surface area contributed by atoms with Gasteiger partial charge in [-0.05, 0) is 31.7 Å². The Bertz CT molecular complexity index is 852. The molecule has 2 amide bonds. The SMILES string of the molecule is COCCCNC(=O)Cn1cc(C(=O)C(=O)N2CCCCC2)c2ccccc21. The summed E-state index contributed by atoms with van der Waals surface area (Å²) < 4.78 is 6.71. The molecule has 0 unspecified atom stereocenters. The van der Waals surface area contributed by atoms with Crippen LogP contribution in [0.25, 0.3) is 10.9 Å². The van der Waals surface area contributed by atoms with E-state index >= 15 is 0 Å². The van der Waals surface area contributed by atoms with E-state index in [-0.39, 0.29) is 12.5 Å². The molecule has 1 aliphatic heterocycles. The maximum Gasteiger partial charge on any atom is 0.295 e. The van der Waals surface area contributed by atoms with Crippen molar-refractivity contribution in [3.63, 3.8) is 0 Å². The number of carbonyl (C=O) groups excluding carboxylic acids is 3. The van der Waals surface area contributed by atoms with Gasteiger partial charge in [0.25, 0.3) is 11.7 Å². The largest absolute Gasteiger partial charge is 0.385 e. The molecule has 0 saturated carbocycles. The number of nitrogens with zero attached hydrogens (tertiary/aromatic N) is 2. The third-order valence-electron chi connectivity index (χ3n) is 5.03. The Kier molecular flexibility index (Phi) is 6.81. The number of nitrogens with one attached hydrogen (secondary N) is 1. The normalized spacial score (nSPS) is 14.2. The first kappa shape index (κ1) is 20.1. The fourth-order valence-corrected chi connectivity index (χ4v) is 3.57. The topological polar surface area (TPSA) is 80.6 Å². The summed E-state index contributed by atoms with van der Waals surface area (Å²) in [6.45, 7) is 2.48. The molecule has 0 atom stereocenters. The number of ketones is 1. The first-order chi connectivity index (χ1) is 13.6. The van der Waals surface area contributed by atoms with Crippen molar-refractivity contribution in [1.29, 1.82) is 0 Å². The van der Waals surface area contributed by atoms with Crippen molar-refractivity contribution in [3.05, 3.63) is 36.0 Å². The predicted molar refractivity (Wildman–Crippen MR) is 106 cm³/mol. The van der Waals surface area contributed by atoms with Gasteiger partial charge in [-0.3, -0.25) is 14.4 Å². The zero-order chi connectivity index (χ0) is 19.9. The number of hydrogen-bond acceptors (Lipinski definition) is 4. The number of piperidine rings is 1. The fourth-order valence-electron chi connectivity index (χ4n) is 3.57. The minimum atomic E-state index is -0.502. The fraction of sp³-hybridized carbons (Fsp3) is 0.476. The third kappa shape index (κ3) is 4.59. The van der Waals surface area contributed by atoms with Gasteiger partial charge in [0.1, 0.15) is 6.54 Å². The van der Waals surface area contributed by atoms with Crippen LogP contribution in [-0.4, -0.2) is 60.4 Å². The summed E-state index contributed by atoms with van der Waals surface area (Å²) in [5, 5.41) is 3.54. The molecule has 7 nitrogen and oxygen atoms in total. The Balaban J connectivity index is 1.77. The van der Waals surface area contributed by atoms with Gasteiger partial charge >= 0.3 is 0 Å². The summed E-state index contributed by atoms with van der Waals surface area (Å²) in [7, 11) is 1.62. The van der Waals surface area contributed by atoms with Crippen LogP contribution in [0.5, 0.6) is 0 Å². The van der Waals surface area contributed by atoms with Crippen LogP contribution in [0.4, 0.5) is 0 Å². The van der Waals surface area contributed by atoms with Crippen molar-refractivity contribution < 1.29 is 19.1 Å². The van der Waals surface area contributed by atoms with Crippen LogP contribution in [0.2, 0.25) is 0 Å². The average molecular weight is 385 g/mol. The molecule has 0 aliphatic carbocycles. The number of methoxy groups -OCH3 is 1. The summed E-state index contributed by atoms with van der Waals surface area (Å²) >= 11 is 0. The van der Waals surface area contributed by atoms with Gasteiger partial charge in [0.2, 0.25) is 5.91 Å². The lowest BCUT2D eigenvalue weighted by molar-refractivity contribution is -0.127. The Morgan fingerprint density at radius 3 is 2.61 bits per heavy atom. The van der Waals surface area contributed by atoms with E-state index in [0.29, 0.717) is 37.2 Å². The number of para-hydroxylation sites is 1. The number of likely N-dealkylation sites (tertiary alicyclic amines) is 1. The Hall–Kier alpha value is -2.67. The number of carbonyl (C=O) groups is 3. The van der Waals surface area contributed by atoms with E-state index in [1.807, 2.05) is 24.3 Å². The summed E-state index contributed by atoms with van der Waals surface area (Å²) in [5.74, 6) is -1.10. The summed E-state index contributed by atoms with van der Waals surface area (Å²) in [4.78, 5) is 39.4. The third-order valence-corrected chi connectivity index (χ3v) is 5.03. The monoisotopic (exact) mass is 385 g/mol. The molecule has 2 heterocycles. The number of aromatic nitrogens is 1. The van der Waals surface area contributed by atoms with Gasteiger partial charge in [0.15, 0.2) is 0 Å². The first-order valence-electron chi connectivity index (χ1n) is 9.79. The molecular formula is C21H27N3O4. The Morgan fingerprint density at radius 1 is 1.11 bits per heavy atom. The van der Waals surface area contributed by atoms with Crippen LogP contribution in [0.1, 0.15) is 36.0 Å². The number of benzene rings is 1.